The van der Waals surface area contributed by atoms with E-state index >= 15 is 0 Å². The Bertz CT molecular complexity index is 1620. The van der Waals surface area contributed by atoms with Crippen molar-refractivity contribution in [2.45, 2.75) is 18.6 Å². The highest BCUT2D eigenvalue weighted by atomic mass is 16.6. The summed E-state index contributed by atoms with van der Waals surface area (Å²) in [4.78, 5) is 39.9. The molecule has 2 aliphatic heterocycles. The smallest absolute Gasteiger partial charge is 0.339 e. The van der Waals surface area contributed by atoms with Gasteiger partial charge in [-0.05, 0) is 60.7 Å². The molecule has 0 amide bonds. The SMILES string of the molecule is COC(=O)c1cccc2c1C1(OC2=O)c2ccc(N(C)c3ccc(O)cc3)cc2OC2=CC(OC(C)=O)C=CC21. The van der Waals surface area contributed by atoms with E-state index in [9.17, 15) is 19.5 Å². The molecule has 0 aromatic heterocycles. The summed E-state index contributed by atoms with van der Waals surface area (Å²) in [5.74, 6) is -1.32. The molecule has 0 saturated carbocycles. The van der Waals surface area contributed by atoms with Gasteiger partial charge >= 0.3 is 17.9 Å². The number of nitrogens with zero attached hydrogens (tertiary/aromatic N) is 1. The van der Waals surface area contributed by atoms with Gasteiger partial charge < -0.3 is 29.0 Å². The number of phenols is 1. The monoisotopic (exact) mass is 539 g/mol. The van der Waals surface area contributed by atoms with Gasteiger partial charge in [-0.2, -0.15) is 0 Å². The normalized spacial score (nSPS) is 21.8. The Kier molecular flexibility index (Phi) is 5.87. The first-order chi connectivity index (χ1) is 19.2. The van der Waals surface area contributed by atoms with Crippen LogP contribution in [0.5, 0.6) is 11.5 Å². The van der Waals surface area contributed by atoms with Crippen molar-refractivity contribution in [1.29, 1.82) is 0 Å². The van der Waals surface area contributed by atoms with Crippen LogP contribution in [0.2, 0.25) is 0 Å². The van der Waals surface area contributed by atoms with Crippen molar-refractivity contribution in [2.24, 2.45) is 5.92 Å². The molecule has 0 fully saturated rings. The number of benzene rings is 3. The van der Waals surface area contributed by atoms with Gasteiger partial charge in [-0.25, -0.2) is 9.59 Å². The van der Waals surface area contributed by atoms with Crippen LogP contribution in [0.25, 0.3) is 0 Å². The van der Waals surface area contributed by atoms with E-state index in [-0.39, 0.29) is 16.9 Å². The van der Waals surface area contributed by atoms with E-state index in [1.807, 2.05) is 30.1 Å². The van der Waals surface area contributed by atoms with Crippen molar-refractivity contribution in [3.05, 3.63) is 107 Å². The summed E-state index contributed by atoms with van der Waals surface area (Å²) in [5.41, 5.74) is 1.55. The van der Waals surface area contributed by atoms with Gasteiger partial charge in [-0.15, -0.1) is 0 Å². The minimum Gasteiger partial charge on any atom is -0.508 e. The summed E-state index contributed by atoms with van der Waals surface area (Å²) in [6.07, 6.45) is 4.46. The number of hydrogen-bond acceptors (Lipinski definition) is 9. The van der Waals surface area contributed by atoms with Gasteiger partial charge in [0.15, 0.2) is 5.60 Å². The maximum absolute atomic E-state index is 13.3. The van der Waals surface area contributed by atoms with Crippen LogP contribution in [0.1, 0.15) is 38.8 Å². The Labute approximate surface area is 229 Å². The molecule has 202 valence electrons. The van der Waals surface area contributed by atoms with Gasteiger partial charge in [0, 0.05) is 42.5 Å². The zero-order valence-corrected chi connectivity index (χ0v) is 21.9. The van der Waals surface area contributed by atoms with Crippen LogP contribution in [0.3, 0.4) is 0 Å². The molecule has 0 saturated heterocycles. The van der Waals surface area contributed by atoms with Gasteiger partial charge in [0.05, 0.1) is 24.2 Å². The number of methoxy groups -OCH3 is 1. The fourth-order valence-corrected chi connectivity index (χ4v) is 5.63. The fourth-order valence-electron chi connectivity index (χ4n) is 5.63. The third-order valence-corrected chi connectivity index (χ3v) is 7.40. The molecule has 3 aliphatic rings. The molecule has 3 atom stereocenters. The third-order valence-electron chi connectivity index (χ3n) is 7.40. The van der Waals surface area contributed by atoms with E-state index in [4.69, 9.17) is 18.9 Å². The largest absolute Gasteiger partial charge is 0.508 e. The maximum Gasteiger partial charge on any atom is 0.339 e. The highest BCUT2D eigenvalue weighted by Gasteiger charge is 2.59. The molecule has 0 radical (unpaired) electrons. The van der Waals surface area contributed by atoms with Crippen LogP contribution >= 0.6 is 0 Å². The van der Waals surface area contributed by atoms with Crippen LogP contribution in [-0.2, 0) is 24.6 Å². The second-order valence-electron chi connectivity index (χ2n) is 9.71. The summed E-state index contributed by atoms with van der Waals surface area (Å²) in [6.45, 7) is 1.32. The van der Waals surface area contributed by atoms with E-state index in [0.717, 1.165) is 11.4 Å². The number of rotatable bonds is 4. The molecule has 6 rings (SSSR count). The van der Waals surface area contributed by atoms with Gasteiger partial charge in [0.25, 0.3) is 0 Å². The molecule has 0 bridgehead atoms. The molecule has 9 nitrogen and oxygen atoms in total. The number of esters is 3. The Morgan fingerprint density at radius 1 is 1.02 bits per heavy atom. The van der Waals surface area contributed by atoms with Crippen molar-refractivity contribution in [3.63, 3.8) is 0 Å². The molecule has 3 unspecified atom stereocenters. The van der Waals surface area contributed by atoms with E-state index in [2.05, 4.69) is 0 Å². The number of phenolic OH excluding ortho intramolecular Hbond substituents is 1. The van der Waals surface area contributed by atoms with Crippen LogP contribution in [-0.4, -0.2) is 43.3 Å². The summed E-state index contributed by atoms with van der Waals surface area (Å²) in [7, 11) is 3.15. The zero-order valence-electron chi connectivity index (χ0n) is 21.9. The van der Waals surface area contributed by atoms with Crippen LogP contribution in [0.4, 0.5) is 11.4 Å². The molecule has 1 aliphatic carbocycles. The van der Waals surface area contributed by atoms with E-state index in [1.165, 1.54) is 14.0 Å². The summed E-state index contributed by atoms with van der Waals surface area (Å²) in [6, 6.07) is 17.1. The molecule has 3 aromatic rings. The van der Waals surface area contributed by atoms with Crippen molar-refractivity contribution in [2.75, 3.05) is 19.1 Å². The lowest BCUT2D eigenvalue weighted by atomic mass is 9.70. The Balaban J connectivity index is 1.56. The molecule has 40 heavy (non-hydrogen) atoms. The van der Waals surface area contributed by atoms with Crippen LogP contribution in [0, 0.1) is 5.92 Å². The summed E-state index contributed by atoms with van der Waals surface area (Å²) >= 11 is 0. The van der Waals surface area contributed by atoms with E-state index < -0.39 is 35.5 Å². The molecule has 1 N–H and O–H groups in total. The molecule has 3 aromatic carbocycles. The van der Waals surface area contributed by atoms with Gasteiger partial charge in [0.1, 0.15) is 23.4 Å². The van der Waals surface area contributed by atoms with Gasteiger partial charge in [-0.1, -0.05) is 12.1 Å². The number of fused-ring (bicyclic) bond motifs is 6. The second kappa shape index (κ2) is 9.30. The molecule has 1 spiro atoms. The lowest BCUT2D eigenvalue weighted by molar-refractivity contribution is -0.142. The Morgan fingerprint density at radius 2 is 1.77 bits per heavy atom. The second-order valence-corrected chi connectivity index (χ2v) is 9.71. The van der Waals surface area contributed by atoms with Crippen molar-refractivity contribution >= 4 is 29.3 Å². The maximum atomic E-state index is 13.3. The predicted octanol–water partition coefficient (Wildman–Crippen LogP) is 4.75. The van der Waals surface area contributed by atoms with E-state index in [1.54, 1.807) is 60.7 Å². The molecular formula is C31H25NO8. The summed E-state index contributed by atoms with van der Waals surface area (Å²) < 4.78 is 23.1. The first-order valence-corrected chi connectivity index (χ1v) is 12.6. The van der Waals surface area contributed by atoms with E-state index in [0.29, 0.717) is 22.6 Å². The molecule has 2 heterocycles. The number of hydrogen-bond donors (Lipinski definition) is 1. The number of carbonyl (C=O) groups is 3. The zero-order chi connectivity index (χ0) is 28.2. The minimum absolute atomic E-state index is 0.154. The predicted molar refractivity (Wildman–Crippen MR) is 143 cm³/mol. The number of anilines is 2. The van der Waals surface area contributed by atoms with Gasteiger partial charge in [-0.3, -0.25) is 4.79 Å². The number of aromatic hydroxyl groups is 1. The summed E-state index contributed by atoms with van der Waals surface area (Å²) in [5, 5.41) is 9.70. The Hall–Kier alpha value is -5.05. The van der Waals surface area contributed by atoms with Crippen molar-refractivity contribution < 1.29 is 38.4 Å². The first kappa shape index (κ1) is 25.2. The van der Waals surface area contributed by atoms with Crippen molar-refractivity contribution in [1.82, 2.24) is 0 Å². The van der Waals surface area contributed by atoms with Crippen LogP contribution < -0.4 is 9.64 Å². The fraction of sp³-hybridized carbons (Fsp3) is 0.194. The average molecular weight is 540 g/mol. The Morgan fingerprint density at radius 3 is 2.50 bits per heavy atom. The molecular weight excluding hydrogens is 514 g/mol. The lowest BCUT2D eigenvalue weighted by Gasteiger charge is -2.43. The standard InChI is InChI=1S/C31H25NO8/c1-17(33)38-21-12-14-25-27(16-21)39-26-15-19(32(2)18-7-10-20(34)11-8-18)9-13-24(26)31(25)28-22(29(35)37-3)5-4-6-23(28)30(36)40-31/h4-16,21,25,34H,1-3H3. The highest BCUT2D eigenvalue weighted by molar-refractivity contribution is 6.02. The quantitative estimate of drug-likeness (QED) is 0.285. The minimum atomic E-state index is -1.44. The highest BCUT2D eigenvalue weighted by Crippen LogP contribution is 2.58. The first-order valence-electron chi connectivity index (χ1n) is 12.6. The number of ether oxygens (including phenoxy) is 4. The third kappa shape index (κ3) is 3.81. The number of carbonyl (C=O) groups excluding carboxylic acids is 3. The van der Waals surface area contributed by atoms with Crippen LogP contribution in [0.15, 0.2) is 84.7 Å². The molecule has 9 heteroatoms. The van der Waals surface area contributed by atoms with Crippen molar-refractivity contribution in [3.8, 4) is 11.5 Å². The van der Waals surface area contributed by atoms with Gasteiger partial charge in [0.2, 0.25) is 0 Å². The lowest BCUT2D eigenvalue weighted by Crippen LogP contribution is -2.44. The average Bonchev–Trinajstić information content (AvgIpc) is 3.24. The topological polar surface area (TPSA) is 112 Å².